The molecule has 5 heteroatoms. The molecule has 0 N–H and O–H groups in total. The number of ether oxygens (including phenoxy) is 1. The van der Waals surface area contributed by atoms with Crippen LogP contribution in [0.25, 0.3) is 0 Å². The van der Waals surface area contributed by atoms with Crippen LogP contribution in [0.5, 0.6) is 0 Å². The van der Waals surface area contributed by atoms with Gasteiger partial charge in [0.2, 0.25) is 10.0 Å². The molecule has 1 spiro atoms. The van der Waals surface area contributed by atoms with E-state index in [1.807, 2.05) is 73.7 Å². The Morgan fingerprint density at radius 2 is 1.74 bits per heavy atom. The van der Waals surface area contributed by atoms with Crippen LogP contribution in [0.15, 0.2) is 83.8 Å². The van der Waals surface area contributed by atoms with Crippen molar-refractivity contribution in [3.05, 3.63) is 90.0 Å². The van der Waals surface area contributed by atoms with E-state index in [2.05, 4.69) is 0 Å². The summed E-state index contributed by atoms with van der Waals surface area (Å²) < 4.78 is 34.5. The summed E-state index contributed by atoms with van der Waals surface area (Å²) >= 11 is 0. The zero-order chi connectivity index (χ0) is 18.9. The number of rotatable bonds is 4. The summed E-state index contributed by atoms with van der Waals surface area (Å²) in [7, 11) is -3.64. The van der Waals surface area contributed by atoms with Crippen LogP contribution >= 0.6 is 0 Å². The van der Waals surface area contributed by atoms with Crippen molar-refractivity contribution in [2.24, 2.45) is 0 Å². The second-order valence-electron chi connectivity index (χ2n) is 7.06. The number of sulfonamides is 1. The lowest BCUT2D eigenvalue weighted by Crippen LogP contribution is -2.56. The highest BCUT2D eigenvalue weighted by Gasteiger charge is 2.47. The van der Waals surface area contributed by atoms with Gasteiger partial charge >= 0.3 is 0 Å². The number of aryl methyl sites for hydroxylation is 1. The first kappa shape index (κ1) is 18.2. The minimum atomic E-state index is -3.64. The van der Waals surface area contributed by atoms with Crippen LogP contribution in [0.2, 0.25) is 0 Å². The van der Waals surface area contributed by atoms with Gasteiger partial charge < -0.3 is 4.74 Å². The molecule has 4 nitrogen and oxygen atoms in total. The van der Waals surface area contributed by atoms with Crippen LogP contribution in [-0.2, 0) is 21.2 Å². The van der Waals surface area contributed by atoms with Gasteiger partial charge in [0.15, 0.2) is 0 Å². The monoisotopic (exact) mass is 381 g/mol. The summed E-state index contributed by atoms with van der Waals surface area (Å²) in [4.78, 5) is 0.318. The molecule has 0 saturated carbocycles. The maximum Gasteiger partial charge on any atom is 0.243 e. The topological polar surface area (TPSA) is 46.6 Å². The van der Waals surface area contributed by atoms with Crippen molar-refractivity contribution in [1.82, 2.24) is 4.31 Å². The smallest absolute Gasteiger partial charge is 0.243 e. The molecule has 2 heterocycles. The molecular weight excluding hydrogens is 358 g/mol. The Kier molecular flexibility index (Phi) is 4.76. The van der Waals surface area contributed by atoms with Crippen molar-refractivity contribution < 1.29 is 13.2 Å². The Bertz CT molecular complexity index is 964. The molecule has 140 valence electrons. The number of nitrogens with zero attached hydrogens (tertiary/aromatic N) is 1. The Morgan fingerprint density at radius 1 is 1.04 bits per heavy atom. The van der Waals surface area contributed by atoms with Gasteiger partial charge in [0.1, 0.15) is 5.60 Å². The molecule has 27 heavy (non-hydrogen) atoms. The minimum Gasteiger partial charge on any atom is -0.361 e. The highest BCUT2D eigenvalue weighted by molar-refractivity contribution is 7.89. The normalized spacial score (nSPS) is 25.3. The van der Waals surface area contributed by atoms with Gasteiger partial charge in [-0.3, -0.25) is 0 Å². The van der Waals surface area contributed by atoms with Crippen molar-refractivity contribution in [2.75, 3.05) is 13.2 Å². The molecule has 2 aromatic carbocycles. The summed E-state index contributed by atoms with van der Waals surface area (Å²) in [5, 5.41) is 0. The van der Waals surface area contributed by atoms with Crippen LogP contribution < -0.4 is 0 Å². The number of hydrogen-bond acceptors (Lipinski definition) is 3. The summed E-state index contributed by atoms with van der Waals surface area (Å²) in [5.74, 6) is 0. The molecule has 0 aliphatic carbocycles. The molecule has 0 saturated heterocycles. The van der Waals surface area contributed by atoms with Crippen LogP contribution in [0.4, 0.5) is 0 Å². The molecule has 2 atom stereocenters. The molecular formula is C22H23NO3S. The summed E-state index contributed by atoms with van der Waals surface area (Å²) in [6, 6.07) is 16.7. The van der Waals surface area contributed by atoms with Crippen molar-refractivity contribution in [1.29, 1.82) is 0 Å². The molecule has 0 bridgehead atoms. The highest BCUT2D eigenvalue weighted by atomic mass is 32.2. The fourth-order valence-corrected chi connectivity index (χ4v) is 5.41. The molecule has 2 aliphatic rings. The maximum atomic E-state index is 13.5. The van der Waals surface area contributed by atoms with Gasteiger partial charge in [-0.1, -0.05) is 66.3 Å². The second-order valence-corrected chi connectivity index (χ2v) is 8.95. The summed E-state index contributed by atoms with van der Waals surface area (Å²) in [6.07, 6.45) is 8.44. The average molecular weight is 381 g/mol. The predicted molar refractivity (Wildman–Crippen MR) is 106 cm³/mol. The van der Waals surface area contributed by atoms with Gasteiger partial charge in [-0.2, -0.15) is 4.31 Å². The number of benzene rings is 2. The second kappa shape index (κ2) is 7.08. The SMILES string of the molecule is Cc1ccc(S(=O)(=O)N2CC=C[C@]3(C=CCO3)[C@@H]2Cc2ccccc2)cc1. The first-order valence-corrected chi connectivity index (χ1v) is 10.6. The summed E-state index contributed by atoms with van der Waals surface area (Å²) in [6.45, 7) is 2.78. The van der Waals surface area contributed by atoms with Gasteiger partial charge in [-0.25, -0.2) is 8.42 Å². The Morgan fingerprint density at radius 3 is 2.41 bits per heavy atom. The Labute approximate surface area is 160 Å². The third-order valence-electron chi connectivity index (χ3n) is 5.24. The lowest BCUT2D eigenvalue weighted by atomic mass is 9.86. The minimum absolute atomic E-state index is 0.318. The lowest BCUT2D eigenvalue weighted by Gasteiger charge is -2.43. The molecule has 2 aliphatic heterocycles. The molecule has 4 rings (SSSR count). The van der Waals surface area contributed by atoms with E-state index in [0.29, 0.717) is 24.5 Å². The first-order valence-electron chi connectivity index (χ1n) is 9.13. The average Bonchev–Trinajstić information content (AvgIpc) is 3.14. The molecule has 0 fully saturated rings. The first-order chi connectivity index (χ1) is 13.0. The van der Waals surface area contributed by atoms with Crippen molar-refractivity contribution in [2.45, 2.75) is 29.9 Å². The van der Waals surface area contributed by atoms with Gasteiger partial charge in [0.05, 0.1) is 17.5 Å². The van der Waals surface area contributed by atoms with E-state index >= 15 is 0 Å². The third-order valence-corrected chi connectivity index (χ3v) is 7.13. The fraction of sp³-hybridized carbons (Fsp3) is 0.273. The number of hydrogen-bond donors (Lipinski definition) is 0. The standard InChI is InChI=1S/C22H23NO3S/c1-18-9-11-20(12-10-18)27(24,25)23-15-5-13-22(14-6-16-26-22)21(23)17-19-7-3-2-4-8-19/h2-14,21H,15-17H2,1H3/t21-,22-/m0/s1. The molecule has 0 aromatic heterocycles. The molecule has 0 unspecified atom stereocenters. The Balaban J connectivity index is 1.76. The van der Waals surface area contributed by atoms with E-state index in [4.69, 9.17) is 4.74 Å². The van der Waals surface area contributed by atoms with Crippen LogP contribution in [0.3, 0.4) is 0 Å². The van der Waals surface area contributed by atoms with Gasteiger partial charge in [-0.05, 0) is 37.1 Å². The quantitative estimate of drug-likeness (QED) is 0.762. The third kappa shape index (κ3) is 3.38. The zero-order valence-electron chi connectivity index (χ0n) is 15.3. The fourth-order valence-electron chi connectivity index (χ4n) is 3.80. The largest absolute Gasteiger partial charge is 0.361 e. The van der Waals surface area contributed by atoms with E-state index < -0.39 is 15.6 Å². The van der Waals surface area contributed by atoms with E-state index in [0.717, 1.165) is 11.1 Å². The van der Waals surface area contributed by atoms with Crippen LogP contribution in [0, 0.1) is 6.92 Å². The van der Waals surface area contributed by atoms with Gasteiger partial charge in [0.25, 0.3) is 0 Å². The molecule has 0 amide bonds. The van der Waals surface area contributed by atoms with E-state index in [9.17, 15) is 8.42 Å². The van der Waals surface area contributed by atoms with E-state index in [1.165, 1.54) is 0 Å². The lowest BCUT2D eigenvalue weighted by molar-refractivity contribution is 0.00614. The molecule has 2 aromatic rings. The van der Waals surface area contributed by atoms with Crippen molar-refractivity contribution in [3.63, 3.8) is 0 Å². The Hall–Kier alpha value is -2.21. The van der Waals surface area contributed by atoms with Crippen LogP contribution in [-0.4, -0.2) is 37.5 Å². The van der Waals surface area contributed by atoms with Crippen molar-refractivity contribution in [3.8, 4) is 0 Å². The van der Waals surface area contributed by atoms with Crippen LogP contribution in [0.1, 0.15) is 11.1 Å². The van der Waals surface area contributed by atoms with Gasteiger partial charge in [0, 0.05) is 6.54 Å². The van der Waals surface area contributed by atoms with E-state index in [1.54, 1.807) is 16.4 Å². The van der Waals surface area contributed by atoms with E-state index in [-0.39, 0.29) is 6.04 Å². The zero-order valence-corrected chi connectivity index (χ0v) is 16.1. The van der Waals surface area contributed by atoms with Gasteiger partial charge in [-0.15, -0.1) is 0 Å². The molecule has 0 radical (unpaired) electrons. The predicted octanol–water partition coefficient (Wildman–Crippen LogP) is 3.49. The maximum absolute atomic E-state index is 13.5. The van der Waals surface area contributed by atoms with Crippen molar-refractivity contribution >= 4 is 10.0 Å². The summed E-state index contributed by atoms with van der Waals surface area (Å²) in [5.41, 5.74) is 1.41. The highest BCUT2D eigenvalue weighted by Crippen LogP contribution is 2.36.